The lowest BCUT2D eigenvalue weighted by Crippen LogP contribution is -2.29. The SMILES string of the molecule is O=C1Cc2cccc(Cl)c2NC1=O. The van der Waals surface area contributed by atoms with Crippen LogP contribution < -0.4 is 5.32 Å². The molecule has 0 fully saturated rings. The molecule has 2 rings (SSSR count). The topological polar surface area (TPSA) is 46.2 Å². The van der Waals surface area contributed by atoms with Crippen molar-refractivity contribution in [3.8, 4) is 0 Å². The Morgan fingerprint density at radius 3 is 2.85 bits per heavy atom. The Labute approximate surface area is 79.7 Å². The van der Waals surface area contributed by atoms with Gasteiger partial charge >= 0.3 is 0 Å². The van der Waals surface area contributed by atoms with E-state index in [-0.39, 0.29) is 6.42 Å². The van der Waals surface area contributed by atoms with Gasteiger partial charge in [-0.2, -0.15) is 0 Å². The van der Waals surface area contributed by atoms with Crippen LogP contribution in [0.15, 0.2) is 18.2 Å². The first-order chi connectivity index (χ1) is 6.18. The summed E-state index contributed by atoms with van der Waals surface area (Å²) >= 11 is 5.83. The van der Waals surface area contributed by atoms with Gasteiger partial charge in [0.15, 0.2) is 0 Å². The standard InChI is InChI=1S/C9H6ClNO2/c10-6-3-1-2-5-4-7(12)9(13)11-8(5)6/h1-3H,4H2,(H,11,13). The Bertz CT molecular complexity index is 401. The predicted molar refractivity (Wildman–Crippen MR) is 48.8 cm³/mol. The van der Waals surface area contributed by atoms with Crippen molar-refractivity contribution in [3.05, 3.63) is 28.8 Å². The summed E-state index contributed by atoms with van der Waals surface area (Å²) in [5.41, 5.74) is 1.34. The second-order valence-electron chi connectivity index (χ2n) is 2.83. The molecule has 3 nitrogen and oxygen atoms in total. The molecule has 0 bridgehead atoms. The average Bonchev–Trinajstić information content (AvgIpc) is 2.09. The van der Waals surface area contributed by atoms with Gasteiger partial charge in [-0.25, -0.2) is 0 Å². The first kappa shape index (κ1) is 8.26. The lowest BCUT2D eigenvalue weighted by Gasteiger charge is -2.16. The maximum atomic E-state index is 11.0. The number of para-hydroxylation sites is 1. The highest BCUT2D eigenvalue weighted by Crippen LogP contribution is 2.28. The van der Waals surface area contributed by atoms with Crippen LogP contribution in [0.2, 0.25) is 5.02 Å². The van der Waals surface area contributed by atoms with Crippen LogP contribution in [0.25, 0.3) is 0 Å². The number of hydrogen-bond acceptors (Lipinski definition) is 2. The fourth-order valence-corrected chi connectivity index (χ4v) is 1.53. The molecule has 1 N–H and O–H groups in total. The summed E-state index contributed by atoms with van der Waals surface area (Å²) in [4.78, 5) is 22.0. The molecule has 1 heterocycles. The zero-order valence-electron chi connectivity index (χ0n) is 6.63. The number of halogens is 1. The lowest BCUT2D eigenvalue weighted by atomic mass is 10.0. The van der Waals surface area contributed by atoms with Gasteiger partial charge in [-0.05, 0) is 11.6 Å². The number of carbonyl (C=O) groups is 2. The van der Waals surface area contributed by atoms with E-state index in [0.29, 0.717) is 10.7 Å². The van der Waals surface area contributed by atoms with Crippen molar-refractivity contribution in [2.45, 2.75) is 6.42 Å². The van der Waals surface area contributed by atoms with Crippen molar-refractivity contribution in [3.63, 3.8) is 0 Å². The van der Waals surface area contributed by atoms with E-state index in [1.807, 2.05) is 0 Å². The van der Waals surface area contributed by atoms with E-state index in [1.165, 1.54) is 0 Å². The molecule has 13 heavy (non-hydrogen) atoms. The van der Waals surface area contributed by atoms with Gasteiger partial charge in [0.05, 0.1) is 10.7 Å². The minimum Gasteiger partial charge on any atom is -0.318 e. The molecule has 1 amide bonds. The van der Waals surface area contributed by atoms with E-state index in [0.717, 1.165) is 5.56 Å². The Morgan fingerprint density at radius 1 is 1.31 bits per heavy atom. The van der Waals surface area contributed by atoms with Crippen molar-refractivity contribution in [2.24, 2.45) is 0 Å². The first-order valence-corrected chi connectivity index (χ1v) is 4.18. The maximum absolute atomic E-state index is 11.0. The summed E-state index contributed by atoms with van der Waals surface area (Å²) in [6.07, 6.45) is 0.141. The molecule has 1 aromatic carbocycles. The van der Waals surface area contributed by atoms with E-state index >= 15 is 0 Å². The molecule has 0 saturated heterocycles. The molecule has 0 saturated carbocycles. The molecule has 1 aromatic rings. The fraction of sp³-hybridized carbons (Fsp3) is 0.111. The number of carbonyl (C=O) groups excluding carboxylic acids is 2. The van der Waals surface area contributed by atoms with Crippen molar-refractivity contribution in [2.75, 3.05) is 5.32 Å². The highest BCUT2D eigenvalue weighted by atomic mass is 35.5. The van der Waals surface area contributed by atoms with Crippen molar-refractivity contribution >= 4 is 29.0 Å². The molecule has 1 aliphatic heterocycles. The molecule has 0 spiro atoms. The van der Waals surface area contributed by atoms with Gasteiger partial charge in [-0.1, -0.05) is 23.7 Å². The van der Waals surface area contributed by atoms with E-state index in [9.17, 15) is 9.59 Å². The van der Waals surface area contributed by atoms with Gasteiger partial charge in [0.2, 0.25) is 5.78 Å². The maximum Gasteiger partial charge on any atom is 0.292 e. The highest BCUT2D eigenvalue weighted by Gasteiger charge is 2.24. The Balaban J connectivity index is 2.54. The van der Waals surface area contributed by atoms with Gasteiger partial charge in [0, 0.05) is 6.42 Å². The molecule has 0 aliphatic carbocycles. The summed E-state index contributed by atoms with van der Waals surface area (Å²) in [5.74, 6) is -1.00. The van der Waals surface area contributed by atoms with E-state index < -0.39 is 11.7 Å². The Hall–Kier alpha value is -1.35. The largest absolute Gasteiger partial charge is 0.318 e. The summed E-state index contributed by atoms with van der Waals surface area (Å²) in [6.45, 7) is 0. The van der Waals surface area contributed by atoms with E-state index in [4.69, 9.17) is 11.6 Å². The number of nitrogens with one attached hydrogen (secondary N) is 1. The summed E-state index contributed by atoms with van der Waals surface area (Å²) < 4.78 is 0. The number of anilines is 1. The quantitative estimate of drug-likeness (QED) is 0.637. The van der Waals surface area contributed by atoms with Crippen LogP contribution in [-0.4, -0.2) is 11.7 Å². The normalized spacial score (nSPS) is 15.2. The monoisotopic (exact) mass is 195 g/mol. The number of hydrogen-bond donors (Lipinski definition) is 1. The van der Waals surface area contributed by atoms with Crippen LogP contribution in [0.4, 0.5) is 5.69 Å². The average molecular weight is 196 g/mol. The molecular formula is C9H6ClNO2. The van der Waals surface area contributed by atoms with Crippen LogP contribution in [0, 0.1) is 0 Å². The molecular weight excluding hydrogens is 190 g/mol. The van der Waals surface area contributed by atoms with Gasteiger partial charge in [-0.15, -0.1) is 0 Å². The fourth-order valence-electron chi connectivity index (χ4n) is 1.29. The van der Waals surface area contributed by atoms with Crippen LogP contribution in [0.5, 0.6) is 0 Å². The minimum absolute atomic E-state index is 0.141. The second-order valence-corrected chi connectivity index (χ2v) is 3.24. The number of Topliss-reactive ketones (excluding diaryl/α,β-unsaturated/α-hetero) is 1. The molecule has 0 aromatic heterocycles. The zero-order chi connectivity index (χ0) is 9.42. The van der Waals surface area contributed by atoms with Gasteiger partial charge in [0.1, 0.15) is 0 Å². The summed E-state index contributed by atoms with van der Waals surface area (Å²) in [6, 6.07) is 5.21. The molecule has 0 radical (unpaired) electrons. The second kappa shape index (κ2) is 2.85. The lowest BCUT2D eigenvalue weighted by molar-refractivity contribution is -0.134. The van der Waals surface area contributed by atoms with Gasteiger partial charge < -0.3 is 5.32 Å². The highest BCUT2D eigenvalue weighted by molar-refractivity contribution is 6.44. The summed E-state index contributed by atoms with van der Waals surface area (Å²) in [7, 11) is 0. The van der Waals surface area contributed by atoms with Crippen LogP contribution in [0.3, 0.4) is 0 Å². The molecule has 0 atom stereocenters. The first-order valence-electron chi connectivity index (χ1n) is 3.80. The van der Waals surface area contributed by atoms with Crippen LogP contribution >= 0.6 is 11.6 Å². The Morgan fingerprint density at radius 2 is 2.08 bits per heavy atom. The van der Waals surface area contributed by atoms with Crippen molar-refractivity contribution in [1.29, 1.82) is 0 Å². The van der Waals surface area contributed by atoms with Crippen LogP contribution in [0.1, 0.15) is 5.56 Å². The molecule has 66 valence electrons. The van der Waals surface area contributed by atoms with Crippen LogP contribution in [-0.2, 0) is 16.0 Å². The number of fused-ring (bicyclic) bond motifs is 1. The number of ketones is 1. The Kier molecular flexibility index (Phi) is 1.81. The minimum atomic E-state index is -0.583. The third-order valence-electron chi connectivity index (χ3n) is 1.94. The summed E-state index contributed by atoms with van der Waals surface area (Å²) in [5, 5.41) is 2.93. The number of benzene rings is 1. The van der Waals surface area contributed by atoms with Gasteiger partial charge in [-0.3, -0.25) is 9.59 Å². The smallest absolute Gasteiger partial charge is 0.292 e. The molecule has 1 aliphatic rings. The molecule has 0 unspecified atom stereocenters. The molecule has 4 heteroatoms. The third kappa shape index (κ3) is 1.31. The number of rotatable bonds is 0. The predicted octanol–water partition coefficient (Wildman–Crippen LogP) is 1.40. The van der Waals surface area contributed by atoms with E-state index in [2.05, 4.69) is 5.32 Å². The zero-order valence-corrected chi connectivity index (χ0v) is 7.39. The van der Waals surface area contributed by atoms with Crippen molar-refractivity contribution in [1.82, 2.24) is 0 Å². The van der Waals surface area contributed by atoms with Gasteiger partial charge in [0.25, 0.3) is 5.91 Å². The van der Waals surface area contributed by atoms with E-state index in [1.54, 1.807) is 18.2 Å². The third-order valence-corrected chi connectivity index (χ3v) is 2.26. The number of amides is 1. The van der Waals surface area contributed by atoms with Crippen molar-refractivity contribution < 1.29 is 9.59 Å².